The number of halogens is 1. The molecule has 0 heterocycles. The molecular formula is C7H7FN2S. The van der Waals surface area contributed by atoms with Crippen molar-refractivity contribution in [2.75, 3.05) is 5.73 Å². The van der Waals surface area contributed by atoms with E-state index < -0.39 is 0 Å². The van der Waals surface area contributed by atoms with E-state index in [1.165, 1.54) is 18.2 Å². The Morgan fingerprint density at radius 2 is 2.09 bits per heavy atom. The van der Waals surface area contributed by atoms with Gasteiger partial charge >= 0.3 is 0 Å². The minimum atomic E-state index is -0.387. The fourth-order valence-corrected chi connectivity index (χ4v) is 0.944. The molecule has 0 bridgehead atoms. The van der Waals surface area contributed by atoms with Crippen LogP contribution >= 0.6 is 12.2 Å². The average molecular weight is 170 g/mol. The summed E-state index contributed by atoms with van der Waals surface area (Å²) in [4.78, 5) is 0.183. The van der Waals surface area contributed by atoms with Gasteiger partial charge in [-0.15, -0.1) is 0 Å². The molecule has 1 rings (SSSR count). The minimum Gasteiger partial charge on any atom is -0.398 e. The van der Waals surface area contributed by atoms with Gasteiger partial charge in [0.15, 0.2) is 0 Å². The number of rotatable bonds is 1. The second kappa shape index (κ2) is 2.84. The van der Waals surface area contributed by atoms with Gasteiger partial charge in [0, 0.05) is 11.3 Å². The van der Waals surface area contributed by atoms with Crippen molar-refractivity contribution in [1.29, 1.82) is 0 Å². The summed E-state index contributed by atoms with van der Waals surface area (Å²) >= 11 is 4.67. The van der Waals surface area contributed by atoms with Gasteiger partial charge in [-0.2, -0.15) is 0 Å². The van der Waals surface area contributed by atoms with Crippen LogP contribution in [0.15, 0.2) is 18.2 Å². The molecule has 0 spiro atoms. The molecule has 0 aliphatic rings. The largest absolute Gasteiger partial charge is 0.398 e. The molecule has 0 radical (unpaired) electrons. The van der Waals surface area contributed by atoms with E-state index in [0.29, 0.717) is 5.56 Å². The maximum Gasteiger partial charge on any atom is 0.125 e. The van der Waals surface area contributed by atoms with E-state index in [9.17, 15) is 4.39 Å². The summed E-state index contributed by atoms with van der Waals surface area (Å²) in [5, 5.41) is 0. The second-order valence-corrected chi connectivity index (χ2v) is 2.54. The summed E-state index contributed by atoms with van der Waals surface area (Å²) in [6, 6.07) is 3.92. The van der Waals surface area contributed by atoms with Gasteiger partial charge in [0.25, 0.3) is 0 Å². The highest BCUT2D eigenvalue weighted by Crippen LogP contribution is 2.12. The number of hydrogen-bond donors (Lipinski definition) is 2. The van der Waals surface area contributed by atoms with Gasteiger partial charge in [-0.1, -0.05) is 12.2 Å². The summed E-state index contributed by atoms with van der Waals surface area (Å²) in [6.07, 6.45) is 0. The molecule has 0 unspecified atom stereocenters. The smallest absolute Gasteiger partial charge is 0.125 e. The van der Waals surface area contributed by atoms with Crippen molar-refractivity contribution in [3.05, 3.63) is 29.6 Å². The third-order valence-electron chi connectivity index (χ3n) is 1.28. The van der Waals surface area contributed by atoms with Crippen molar-refractivity contribution < 1.29 is 4.39 Å². The van der Waals surface area contributed by atoms with Crippen LogP contribution in [0.5, 0.6) is 0 Å². The third kappa shape index (κ3) is 1.65. The van der Waals surface area contributed by atoms with Crippen molar-refractivity contribution in [1.82, 2.24) is 0 Å². The lowest BCUT2D eigenvalue weighted by molar-refractivity contribution is 0.628. The Morgan fingerprint density at radius 3 is 2.55 bits per heavy atom. The first-order chi connectivity index (χ1) is 5.11. The standard InChI is InChI=1S/C7H7FN2S/c8-4-1-2-5(7(10)11)6(9)3-4/h1-3H,9H2,(H2,10,11). The molecule has 58 valence electrons. The molecule has 4 heteroatoms. The fourth-order valence-electron chi connectivity index (χ4n) is 0.758. The van der Waals surface area contributed by atoms with Gasteiger partial charge in [-0.05, 0) is 18.2 Å². The number of nitrogen functional groups attached to an aromatic ring is 1. The summed E-state index contributed by atoms with van der Waals surface area (Å²) in [7, 11) is 0. The van der Waals surface area contributed by atoms with E-state index in [1.54, 1.807) is 0 Å². The zero-order valence-electron chi connectivity index (χ0n) is 5.67. The van der Waals surface area contributed by atoms with Crippen molar-refractivity contribution in [3.63, 3.8) is 0 Å². The van der Waals surface area contributed by atoms with Crippen LogP contribution in [-0.4, -0.2) is 4.99 Å². The van der Waals surface area contributed by atoms with Crippen LogP contribution in [0.2, 0.25) is 0 Å². The summed E-state index contributed by atoms with van der Waals surface area (Å²) in [6.45, 7) is 0. The quantitative estimate of drug-likeness (QED) is 0.489. The first kappa shape index (κ1) is 7.94. The lowest BCUT2D eigenvalue weighted by Gasteiger charge is -2.01. The Balaban J connectivity index is 3.20. The summed E-state index contributed by atoms with van der Waals surface area (Å²) in [5.41, 5.74) is 11.5. The first-order valence-electron chi connectivity index (χ1n) is 2.96. The fraction of sp³-hybridized carbons (Fsp3) is 0. The Hall–Kier alpha value is -1.16. The maximum absolute atomic E-state index is 12.4. The second-order valence-electron chi connectivity index (χ2n) is 2.10. The van der Waals surface area contributed by atoms with E-state index in [0.717, 1.165) is 0 Å². The van der Waals surface area contributed by atoms with E-state index in [-0.39, 0.29) is 16.5 Å². The SMILES string of the molecule is NC(=S)c1ccc(F)cc1N. The van der Waals surface area contributed by atoms with Crippen molar-refractivity contribution in [2.24, 2.45) is 5.73 Å². The molecule has 0 aromatic heterocycles. The average Bonchev–Trinajstić information content (AvgIpc) is 1.85. The number of benzene rings is 1. The van der Waals surface area contributed by atoms with Crippen LogP contribution in [0.1, 0.15) is 5.56 Å². The number of anilines is 1. The Bertz CT molecular complexity index is 298. The molecule has 0 amide bonds. The van der Waals surface area contributed by atoms with Crippen LogP contribution in [0, 0.1) is 5.82 Å². The predicted molar refractivity (Wildman–Crippen MR) is 46.7 cm³/mol. The number of nitrogens with two attached hydrogens (primary N) is 2. The van der Waals surface area contributed by atoms with Crippen LogP contribution in [0.3, 0.4) is 0 Å². The highest BCUT2D eigenvalue weighted by molar-refractivity contribution is 7.80. The van der Waals surface area contributed by atoms with Gasteiger partial charge in [-0.3, -0.25) is 0 Å². The molecule has 0 saturated carbocycles. The van der Waals surface area contributed by atoms with Gasteiger partial charge < -0.3 is 11.5 Å². The third-order valence-corrected chi connectivity index (χ3v) is 1.50. The van der Waals surface area contributed by atoms with E-state index in [4.69, 9.17) is 11.5 Å². The molecular weight excluding hydrogens is 163 g/mol. The molecule has 0 aliphatic heterocycles. The van der Waals surface area contributed by atoms with Crippen LogP contribution in [0.4, 0.5) is 10.1 Å². The van der Waals surface area contributed by atoms with Crippen LogP contribution in [0.25, 0.3) is 0 Å². The van der Waals surface area contributed by atoms with Gasteiger partial charge in [0.05, 0.1) is 0 Å². The van der Waals surface area contributed by atoms with Gasteiger partial charge in [0.1, 0.15) is 10.8 Å². The molecule has 4 N–H and O–H groups in total. The molecule has 0 aliphatic carbocycles. The monoisotopic (exact) mass is 170 g/mol. The predicted octanol–water partition coefficient (Wildman–Crippen LogP) is 1.04. The molecule has 1 aromatic rings. The highest BCUT2D eigenvalue weighted by Gasteiger charge is 2.01. The first-order valence-corrected chi connectivity index (χ1v) is 3.37. The maximum atomic E-state index is 12.4. The van der Waals surface area contributed by atoms with E-state index in [1.807, 2.05) is 0 Å². The normalized spacial score (nSPS) is 9.55. The molecule has 0 saturated heterocycles. The van der Waals surface area contributed by atoms with Crippen LogP contribution in [-0.2, 0) is 0 Å². The molecule has 2 nitrogen and oxygen atoms in total. The molecule has 0 fully saturated rings. The lowest BCUT2D eigenvalue weighted by atomic mass is 10.2. The Morgan fingerprint density at radius 1 is 1.45 bits per heavy atom. The Kier molecular flexibility index (Phi) is 2.05. The van der Waals surface area contributed by atoms with Crippen molar-refractivity contribution in [3.8, 4) is 0 Å². The number of hydrogen-bond acceptors (Lipinski definition) is 2. The minimum absolute atomic E-state index is 0.183. The van der Waals surface area contributed by atoms with Gasteiger partial charge in [-0.25, -0.2) is 4.39 Å². The summed E-state index contributed by atoms with van der Waals surface area (Å²) < 4.78 is 12.4. The van der Waals surface area contributed by atoms with Crippen LogP contribution < -0.4 is 11.5 Å². The molecule has 1 aromatic carbocycles. The zero-order chi connectivity index (χ0) is 8.43. The van der Waals surface area contributed by atoms with Crippen molar-refractivity contribution in [2.45, 2.75) is 0 Å². The summed E-state index contributed by atoms with van der Waals surface area (Å²) in [5.74, 6) is -0.387. The molecule has 11 heavy (non-hydrogen) atoms. The van der Waals surface area contributed by atoms with E-state index in [2.05, 4.69) is 12.2 Å². The Labute approximate surface area is 69.0 Å². The lowest BCUT2D eigenvalue weighted by Crippen LogP contribution is -2.11. The van der Waals surface area contributed by atoms with E-state index >= 15 is 0 Å². The van der Waals surface area contributed by atoms with Gasteiger partial charge in [0.2, 0.25) is 0 Å². The zero-order valence-corrected chi connectivity index (χ0v) is 6.49. The number of thiocarbonyl (C=S) groups is 1. The highest BCUT2D eigenvalue weighted by atomic mass is 32.1. The van der Waals surface area contributed by atoms with Crippen molar-refractivity contribution >= 4 is 22.9 Å². The topological polar surface area (TPSA) is 52.0 Å². The molecule has 0 atom stereocenters.